The van der Waals surface area contributed by atoms with Gasteiger partial charge in [0.2, 0.25) is 0 Å². The Labute approximate surface area is 107 Å². The third-order valence-electron chi connectivity index (χ3n) is 3.63. The monoisotopic (exact) mass is 248 g/mol. The molecule has 0 amide bonds. The number of fused-ring (bicyclic) bond motifs is 1. The molecule has 1 saturated carbocycles. The lowest BCUT2D eigenvalue weighted by molar-refractivity contribution is 0.329. The molecule has 1 aromatic carbocycles. The number of rotatable bonds is 4. The highest BCUT2D eigenvalue weighted by Gasteiger charge is 2.25. The maximum absolute atomic E-state index is 5.98. The van der Waals surface area contributed by atoms with Crippen LogP contribution in [0.4, 0.5) is 0 Å². The molecule has 1 aliphatic rings. The molecule has 17 heavy (non-hydrogen) atoms. The summed E-state index contributed by atoms with van der Waals surface area (Å²) in [5, 5.41) is 2.10. The van der Waals surface area contributed by atoms with Crippen molar-refractivity contribution in [2.45, 2.75) is 25.3 Å². The summed E-state index contributed by atoms with van der Waals surface area (Å²) in [5.41, 5.74) is 2.53. The van der Waals surface area contributed by atoms with Crippen molar-refractivity contribution in [3.05, 3.63) is 35.0 Å². The highest BCUT2D eigenvalue weighted by molar-refractivity contribution is 6.31. The second-order valence-electron chi connectivity index (χ2n) is 4.97. The molecule has 0 bridgehead atoms. The molecular weight excluding hydrogens is 232 g/mol. The van der Waals surface area contributed by atoms with Gasteiger partial charge in [-0.25, -0.2) is 0 Å². The van der Waals surface area contributed by atoms with Crippen LogP contribution >= 0.6 is 11.6 Å². The van der Waals surface area contributed by atoms with Gasteiger partial charge < -0.3 is 9.88 Å². The number of H-pyrrole nitrogens is 1. The van der Waals surface area contributed by atoms with Crippen LogP contribution in [-0.4, -0.2) is 29.5 Å². The number of likely N-dealkylation sites (N-methyl/N-ethyl adjacent to an activating group) is 1. The molecule has 2 nitrogen and oxygen atoms in total. The number of nitrogens with zero attached hydrogens (tertiary/aromatic N) is 1. The summed E-state index contributed by atoms with van der Waals surface area (Å²) in [6.45, 7) is 1.14. The highest BCUT2D eigenvalue weighted by atomic mass is 35.5. The minimum Gasteiger partial charge on any atom is -0.361 e. The average Bonchev–Trinajstić information content (AvgIpc) is 3.08. The van der Waals surface area contributed by atoms with Gasteiger partial charge in [0.25, 0.3) is 0 Å². The average molecular weight is 249 g/mol. The van der Waals surface area contributed by atoms with Gasteiger partial charge in [0.1, 0.15) is 0 Å². The first-order valence-electron chi connectivity index (χ1n) is 6.20. The van der Waals surface area contributed by atoms with Crippen molar-refractivity contribution in [1.82, 2.24) is 9.88 Å². The fourth-order valence-electron chi connectivity index (χ4n) is 2.36. The van der Waals surface area contributed by atoms with Crippen LogP contribution in [0.25, 0.3) is 10.9 Å². The molecule has 2 aromatic rings. The molecule has 1 heterocycles. The van der Waals surface area contributed by atoms with Gasteiger partial charge in [0.15, 0.2) is 0 Å². The van der Waals surface area contributed by atoms with Crippen molar-refractivity contribution >= 4 is 22.5 Å². The first-order valence-corrected chi connectivity index (χ1v) is 6.57. The molecule has 3 heteroatoms. The second-order valence-corrected chi connectivity index (χ2v) is 5.40. The van der Waals surface area contributed by atoms with E-state index in [1.165, 1.54) is 23.8 Å². The zero-order valence-corrected chi connectivity index (χ0v) is 10.8. The fraction of sp³-hybridized carbons (Fsp3) is 0.429. The summed E-state index contributed by atoms with van der Waals surface area (Å²) in [6, 6.07) is 6.91. The molecule has 0 aliphatic heterocycles. The Hall–Kier alpha value is -0.990. The van der Waals surface area contributed by atoms with E-state index in [2.05, 4.69) is 29.2 Å². The topological polar surface area (TPSA) is 19.0 Å². The van der Waals surface area contributed by atoms with Crippen LogP contribution in [0, 0.1) is 0 Å². The van der Waals surface area contributed by atoms with Gasteiger partial charge in [-0.3, -0.25) is 0 Å². The van der Waals surface area contributed by atoms with Crippen molar-refractivity contribution in [3.8, 4) is 0 Å². The van der Waals surface area contributed by atoms with Crippen molar-refractivity contribution in [2.24, 2.45) is 0 Å². The van der Waals surface area contributed by atoms with E-state index in [1.807, 2.05) is 12.1 Å². The van der Waals surface area contributed by atoms with Crippen LogP contribution in [-0.2, 0) is 6.42 Å². The van der Waals surface area contributed by atoms with E-state index in [9.17, 15) is 0 Å². The van der Waals surface area contributed by atoms with Gasteiger partial charge >= 0.3 is 0 Å². The third-order valence-corrected chi connectivity index (χ3v) is 3.87. The van der Waals surface area contributed by atoms with Crippen molar-refractivity contribution in [1.29, 1.82) is 0 Å². The van der Waals surface area contributed by atoms with E-state index in [0.29, 0.717) is 0 Å². The Kier molecular flexibility index (Phi) is 2.85. The number of aromatic amines is 1. The number of hydrogen-bond acceptors (Lipinski definition) is 1. The van der Waals surface area contributed by atoms with Gasteiger partial charge in [-0.15, -0.1) is 0 Å². The highest BCUT2D eigenvalue weighted by Crippen LogP contribution is 2.26. The summed E-state index contributed by atoms with van der Waals surface area (Å²) >= 11 is 5.98. The van der Waals surface area contributed by atoms with E-state index in [4.69, 9.17) is 11.6 Å². The lowest BCUT2D eigenvalue weighted by atomic mass is 10.1. The quantitative estimate of drug-likeness (QED) is 0.878. The van der Waals surface area contributed by atoms with Gasteiger partial charge in [0.05, 0.1) is 0 Å². The molecule has 90 valence electrons. The summed E-state index contributed by atoms with van der Waals surface area (Å²) in [4.78, 5) is 5.76. The number of nitrogens with one attached hydrogen (secondary N) is 1. The molecule has 0 radical (unpaired) electrons. The number of halogens is 1. The van der Waals surface area contributed by atoms with E-state index in [1.54, 1.807) is 0 Å². The lowest BCUT2D eigenvalue weighted by Crippen LogP contribution is -2.23. The standard InChI is InChI=1S/C14H17ClN2/c1-17(12-3-4-12)7-6-10-9-16-14-8-11(15)2-5-13(10)14/h2,5,8-9,12,16H,3-4,6-7H2,1H3. The molecule has 1 N–H and O–H groups in total. The van der Waals surface area contributed by atoms with Gasteiger partial charge in [-0.1, -0.05) is 17.7 Å². The summed E-state index contributed by atoms with van der Waals surface area (Å²) < 4.78 is 0. The SMILES string of the molecule is CN(CCc1c[nH]c2cc(Cl)ccc12)C1CC1. The zero-order valence-electron chi connectivity index (χ0n) is 10.0. The van der Waals surface area contributed by atoms with Gasteiger partial charge in [0, 0.05) is 34.7 Å². The molecule has 0 saturated heterocycles. The molecular formula is C14H17ClN2. The zero-order chi connectivity index (χ0) is 11.8. The van der Waals surface area contributed by atoms with Crippen molar-refractivity contribution in [3.63, 3.8) is 0 Å². The Bertz CT molecular complexity index is 528. The second kappa shape index (κ2) is 4.35. The molecule has 1 fully saturated rings. The maximum Gasteiger partial charge on any atom is 0.0471 e. The summed E-state index contributed by atoms with van der Waals surface area (Å²) in [7, 11) is 2.23. The molecule has 0 unspecified atom stereocenters. The van der Waals surface area contributed by atoms with Gasteiger partial charge in [-0.2, -0.15) is 0 Å². The first-order chi connectivity index (χ1) is 8.24. The summed E-state index contributed by atoms with van der Waals surface area (Å²) in [5.74, 6) is 0. The number of hydrogen-bond donors (Lipinski definition) is 1. The normalized spacial score (nSPS) is 15.9. The predicted octanol–water partition coefficient (Wildman–Crippen LogP) is 3.46. The lowest BCUT2D eigenvalue weighted by Gasteiger charge is -2.14. The Morgan fingerprint density at radius 3 is 3.00 bits per heavy atom. The van der Waals surface area contributed by atoms with Crippen LogP contribution in [0.5, 0.6) is 0 Å². The van der Waals surface area contributed by atoms with E-state index in [-0.39, 0.29) is 0 Å². The van der Waals surface area contributed by atoms with Crippen LogP contribution in [0.3, 0.4) is 0 Å². The van der Waals surface area contributed by atoms with Crippen LogP contribution in [0.15, 0.2) is 24.4 Å². The minimum atomic E-state index is 0.793. The van der Waals surface area contributed by atoms with E-state index < -0.39 is 0 Å². The minimum absolute atomic E-state index is 0.793. The van der Waals surface area contributed by atoms with Crippen LogP contribution in [0.1, 0.15) is 18.4 Å². The van der Waals surface area contributed by atoms with Gasteiger partial charge in [-0.05, 0) is 44.0 Å². The Morgan fingerprint density at radius 2 is 2.24 bits per heavy atom. The van der Waals surface area contributed by atoms with E-state index in [0.717, 1.165) is 29.5 Å². The molecule has 1 aliphatic carbocycles. The smallest absolute Gasteiger partial charge is 0.0471 e. The molecule has 0 spiro atoms. The Balaban J connectivity index is 1.76. The fourth-order valence-corrected chi connectivity index (χ4v) is 2.53. The maximum atomic E-state index is 5.98. The summed E-state index contributed by atoms with van der Waals surface area (Å²) in [6.07, 6.45) is 5.97. The number of aromatic nitrogens is 1. The van der Waals surface area contributed by atoms with Crippen LogP contribution < -0.4 is 0 Å². The predicted molar refractivity (Wildman–Crippen MR) is 72.7 cm³/mol. The van der Waals surface area contributed by atoms with Crippen molar-refractivity contribution in [2.75, 3.05) is 13.6 Å². The third kappa shape index (κ3) is 2.33. The van der Waals surface area contributed by atoms with E-state index >= 15 is 0 Å². The van der Waals surface area contributed by atoms with Crippen molar-refractivity contribution < 1.29 is 0 Å². The molecule has 0 atom stereocenters. The molecule has 3 rings (SSSR count). The largest absolute Gasteiger partial charge is 0.361 e. The number of benzene rings is 1. The Morgan fingerprint density at radius 1 is 1.41 bits per heavy atom. The first kappa shape index (κ1) is 11.1. The molecule has 1 aromatic heterocycles. The van der Waals surface area contributed by atoms with Crippen LogP contribution in [0.2, 0.25) is 5.02 Å².